The van der Waals surface area contributed by atoms with Crippen molar-refractivity contribution in [2.75, 3.05) is 0 Å². The molecule has 114 valence electrons. The minimum Gasteiger partial charge on any atom is -0.339 e. The van der Waals surface area contributed by atoms with Gasteiger partial charge in [0.1, 0.15) is 0 Å². The molecule has 0 aromatic carbocycles. The van der Waals surface area contributed by atoms with Crippen molar-refractivity contribution in [2.24, 2.45) is 11.7 Å². The minimum absolute atomic E-state index is 0.0126. The van der Waals surface area contributed by atoms with Gasteiger partial charge in [-0.2, -0.15) is 18.2 Å². The zero-order valence-corrected chi connectivity index (χ0v) is 11.5. The summed E-state index contributed by atoms with van der Waals surface area (Å²) in [4.78, 5) is 4.27. The first-order chi connectivity index (χ1) is 9.40. The highest BCUT2D eigenvalue weighted by molar-refractivity contribution is 4.98. The fourth-order valence-corrected chi connectivity index (χ4v) is 2.56. The highest BCUT2D eigenvalue weighted by atomic mass is 19.4. The van der Waals surface area contributed by atoms with Crippen molar-refractivity contribution in [3.8, 4) is 0 Å². The lowest BCUT2D eigenvalue weighted by molar-refractivity contribution is -0.182. The lowest BCUT2D eigenvalue weighted by Gasteiger charge is -2.27. The van der Waals surface area contributed by atoms with Crippen LogP contribution < -0.4 is 5.73 Å². The molecule has 1 aromatic rings. The predicted molar refractivity (Wildman–Crippen MR) is 67.0 cm³/mol. The van der Waals surface area contributed by atoms with Gasteiger partial charge in [0, 0.05) is 18.4 Å². The second kappa shape index (κ2) is 6.11. The highest BCUT2D eigenvalue weighted by Crippen LogP contribution is 2.42. The summed E-state index contributed by atoms with van der Waals surface area (Å²) in [5.74, 6) is -0.224. The second-order valence-corrected chi connectivity index (χ2v) is 5.51. The van der Waals surface area contributed by atoms with Crippen LogP contribution in [0.1, 0.15) is 56.7 Å². The number of nitrogens with two attached hydrogens (primary N) is 1. The van der Waals surface area contributed by atoms with Crippen LogP contribution in [0.15, 0.2) is 4.52 Å². The third kappa shape index (κ3) is 3.71. The van der Waals surface area contributed by atoms with Crippen molar-refractivity contribution >= 4 is 0 Å². The largest absolute Gasteiger partial charge is 0.391 e. The van der Waals surface area contributed by atoms with Gasteiger partial charge >= 0.3 is 6.18 Å². The van der Waals surface area contributed by atoms with Gasteiger partial charge in [0.05, 0.1) is 5.92 Å². The van der Waals surface area contributed by atoms with Crippen molar-refractivity contribution in [3.63, 3.8) is 0 Å². The molecule has 1 aliphatic rings. The number of aromatic nitrogens is 2. The maximum atomic E-state index is 12.6. The third-order valence-electron chi connectivity index (χ3n) is 3.99. The Morgan fingerprint density at radius 1 is 1.30 bits per heavy atom. The van der Waals surface area contributed by atoms with E-state index in [1.165, 1.54) is 0 Å². The molecule has 20 heavy (non-hydrogen) atoms. The maximum absolute atomic E-state index is 12.6. The van der Waals surface area contributed by atoms with Crippen LogP contribution in [-0.2, 0) is 6.42 Å². The van der Waals surface area contributed by atoms with Gasteiger partial charge in [-0.25, -0.2) is 0 Å². The number of hydrogen-bond acceptors (Lipinski definition) is 4. The molecular formula is C13H20F3N3O. The van der Waals surface area contributed by atoms with E-state index in [1.807, 2.05) is 6.92 Å². The number of alkyl halides is 3. The Morgan fingerprint density at radius 3 is 2.50 bits per heavy atom. The average molecular weight is 291 g/mol. The maximum Gasteiger partial charge on any atom is 0.391 e. The van der Waals surface area contributed by atoms with Crippen LogP contribution in [0.25, 0.3) is 0 Å². The topological polar surface area (TPSA) is 64.9 Å². The van der Waals surface area contributed by atoms with Crippen LogP contribution >= 0.6 is 0 Å². The third-order valence-corrected chi connectivity index (χ3v) is 3.99. The predicted octanol–water partition coefficient (Wildman–Crippen LogP) is 3.19. The van der Waals surface area contributed by atoms with Crippen LogP contribution in [-0.4, -0.2) is 22.4 Å². The van der Waals surface area contributed by atoms with Crippen LogP contribution in [0.4, 0.5) is 13.2 Å². The van der Waals surface area contributed by atoms with E-state index < -0.39 is 12.1 Å². The van der Waals surface area contributed by atoms with Crippen LogP contribution in [0.3, 0.4) is 0 Å². The van der Waals surface area contributed by atoms with Gasteiger partial charge in [-0.3, -0.25) is 0 Å². The van der Waals surface area contributed by atoms with E-state index in [4.69, 9.17) is 10.3 Å². The molecule has 0 aliphatic heterocycles. The van der Waals surface area contributed by atoms with Crippen molar-refractivity contribution in [3.05, 3.63) is 11.7 Å². The average Bonchev–Trinajstić information content (AvgIpc) is 2.86. The smallest absolute Gasteiger partial charge is 0.339 e. The number of halogens is 3. The molecule has 1 saturated carbocycles. The molecular weight excluding hydrogens is 271 g/mol. The van der Waals surface area contributed by atoms with Crippen molar-refractivity contribution in [1.82, 2.24) is 10.1 Å². The summed E-state index contributed by atoms with van der Waals surface area (Å²) >= 11 is 0. The van der Waals surface area contributed by atoms with Gasteiger partial charge in [0.15, 0.2) is 5.82 Å². The molecule has 0 bridgehead atoms. The summed E-state index contributed by atoms with van der Waals surface area (Å²) in [6.07, 6.45) is -1.55. The highest BCUT2D eigenvalue weighted by Gasteiger charge is 2.42. The minimum atomic E-state index is -4.08. The standard InChI is InChI=1S/C13H20F3N3O/c1-2-10(17)7-11-18-12(20-19-11)8-3-5-9(6-4-8)13(14,15)16/h8-10H,2-7,17H2,1H3. The molecule has 7 heteroatoms. The molecule has 0 saturated heterocycles. The van der Waals surface area contributed by atoms with Crippen molar-refractivity contribution in [2.45, 2.75) is 63.6 Å². The molecule has 2 rings (SSSR count). The molecule has 0 amide bonds. The molecule has 4 nitrogen and oxygen atoms in total. The number of nitrogens with zero attached hydrogens (tertiary/aromatic N) is 2. The first-order valence-corrected chi connectivity index (χ1v) is 7.05. The molecule has 0 spiro atoms. The zero-order valence-electron chi connectivity index (χ0n) is 11.5. The lowest BCUT2D eigenvalue weighted by atomic mass is 9.81. The molecule has 1 aromatic heterocycles. The zero-order chi connectivity index (χ0) is 14.8. The van der Waals surface area contributed by atoms with E-state index in [1.54, 1.807) is 0 Å². The van der Waals surface area contributed by atoms with E-state index in [9.17, 15) is 13.2 Å². The van der Waals surface area contributed by atoms with E-state index >= 15 is 0 Å². The van der Waals surface area contributed by atoms with Gasteiger partial charge in [-0.1, -0.05) is 12.1 Å². The van der Waals surface area contributed by atoms with Gasteiger partial charge in [0.25, 0.3) is 0 Å². The van der Waals surface area contributed by atoms with Gasteiger partial charge in [0.2, 0.25) is 5.89 Å². The summed E-state index contributed by atoms with van der Waals surface area (Å²) in [6, 6.07) is -0.0126. The SMILES string of the molecule is CCC(N)Cc1noc(C2CCC(C(F)(F)F)CC2)n1. The monoisotopic (exact) mass is 291 g/mol. The molecule has 2 N–H and O–H groups in total. The van der Waals surface area contributed by atoms with Crippen LogP contribution in [0.5, 0.6) is 0 Å². The first-order valence-electron chi connectivity index (χ1n) is 7.05. The molecule has 0 radical (unpaired) electrons. The van der Waals surface area contributed by atoms with E-state index in [0.29, 0.717) is 31.0 Å². The van der Waals surface area contributed by atoms with Gasteiger partial charge in [-0.05, 0) is 32.1 Å². The fourth-order valence-electron chi connectivity index (χ4n) is 2.56. The summed E-state index contributed by atoms with van der Waals surface area (Å²) in [6.45, 7) is 1.98. The van der Waals surface area contributed by atoms with Crippen molar-refractivity contribution < 1.29 is 17.7 Å². The van der Waals surface area contributed by atoms with E-state index in [-0.39, 0.29) is 24.8 Å². The lowest BCUT2D eigenvalue weighted by Crippen LogP contribution is -2.27. The first kappa shape index (κ1) is 15.3. The number of hydrogen-bond donors (Lipinski definition) is 1. The Bertz CT molecular complexity index is 425. The Hall–Kier alpha value is -1.11. The Morgan fingerprint density at radius 2 is 1.95 bits per heavy atom. The molecule has 1 atom stereocenters. The molecule has 1 aliphatic carbocycles. The normalized spacial score (nSPS) is 25.6. The van der Waals surface area contributed by atoms with Gasteiger partial charge < -0.3 is 10.3 Å². The second-order valence-electron chi connectivity index (χ2n) is 5.51. The van der Waals surface area contributed by atoms with Gasteiger partial charge in [-0.15, -0.1) is 0 Å². The molecule has 1 heterocycles. The fraction of sp³-hybridized carbons (Fsp3) is 0.846. The van der Waals surface area contributed by atoms with E-state index in [0.717, 1.165) is 6.42 Å². The number of rotatable bonds is 4. The van der Waals surface area contributed by atoms with Crippen LogP contribution in [0.2, 0.25) is 0 Å². The summed E-state index contributed by atoms with van der Waals surface area (Å²) in [5.41, 5.74) is 5.81. The Balaban J connectivity index is 1.91. The summed E-state index contributed by atoms with van der Waals surface area (Å²) < 4.78 is 42.9. The molecule has 1 fully saturated rings. The summed E-state index contributed by atoms with van der Waals surface area (Å²) in [5, 5.41) is 3.86. The van der Waals surface area contributed by atoms with Crippen LogP contribution in [0, 0.1) is 5.92 Å². The van der Waals surface area contributed by atoms with E-state index in [2.05, 4.69) is 10.1 Å². The van der Waals surface area contributed by atoms with Crippen molar-refractivity contribution in [1.29, 1.82) is 0 Å². The Labute approximate surface area is 115 Å². The quantitative estimate of drug-likeness (QED) is 0.925. The summed E-state index contributed by atoms with van der Waals surface area (Å²) in [7, 11) is 0. The molecule has 1 unspecified atom stereocenters. The Kier molecular flexibility index (Phi) is 4.67.